The van der Waals surface area contributed by atoms with Crippen LogP contribution in [0, 0.1) is 13.8 Å². The summed E-state index contributed by atoms with van der Waals surface area (Å²) in [7, 11) is 0. The minimum Gasteiger partial charge on any atom is -0.345 e. The molecular weight excluding hydrogens is 384 g/mol. The van der Waals surface area contributed by atoms with Crippen molar-refractivity contribution in [2.75, 3.05) is 11.9 Å². The maximum Gasteiger partial charge on any atom is 0.173 e. The highest BCUT2D eigenvalue weighted by molar-refractivity contribution is 7.80. The third kappa shape index (κ3) is 9.30. The average molecular weight is 425 g/mol. The number of nitrogens with one attached hydrogen (secondary N) is 1. The molecule has 0 atom stereocenters. The van der Waals surface area contributed by atoms with Gasteiger partial charge in [-0.3, -0.25) is 0 Å². The number of hydrogen-bond acceptors (Lipinski definition) is 1. The van der Waals surface area contributed by atoms with Crippen LogP contribution in [-0.4, -0.2) is 16.6 Å². The largest absolute Gasteiger partial charge is 0.345 e. The number of benzene rings is 2. The minimum atomic E-state index is 0.824. The van der Waals surface area contributed by atoms with Gasteiger partial charge >= 0.3 is 0 Å². The molecule has 0 radical (unpaired) electrons. The van der Waals surface area contributed by atoms with E-state index in [-0.39, 0.29) is 0 Å². The first-order valence-corrected chi connectivity index (χ1v) is 12.2. The van der Waals surface area contributed by atoms with Gasteiger partial charge in [-0.25, -0.2) is 0 Å². The number of anilines is 1. The number of nitrogens with zero attached hydrogens (tertiary/aromatic N) is 1. The molecule has 164 valence electrons. The number of rotatable bonds is 13. The molecule has 30 heavy (non-hydrogen) atoms. The van der Waals surface area contributed by atoms with E-state index in [0.717, 1.165) is 23.9 Å². The summed E-state index contributed by atoms with van der Waals surface area (Å²) in [5.41, 5.74) is 4.92. The molecule has 0 aliphatic carbocycles. The van der Waals surface area contributed by atoms with Crippen LogP contribution < -0.4 is 5.32 Å². The van der Waals surface area contributed by atoms with Crippen LogP contribution in [0.2, 0.25) is 0 Å². The summed E-state index contributed by atoms with van der Waals surface area (Å²) in [6, 6.07) is 17.1. The van der Waals surface area contributed by atoms with Crippen LogP contribution in [0.5, 0.6) is 0 Å². The molecule has 2 aromatic rings. The van der Waals surface area contributed by atoms with Gasteiger partial charge in [0.1, 0.15) is 0 Å². The van der Waals surface area contributed by atoms with Gasteiger partial charge in [-0.05, 0) is 49.7 Å². The van der Waals surface area contributed by atoms with Crippen LogP contribution in [0.1, 0.15) is 81.4 Å². The van der Waals surface area contributed by atoms with Crippen molar-refractivity contribution in [3.05, 3.63) is 65.2 Å². The second-order valence-corrected chi connectivity index (χ2v) is 8.87. The Hall–Kier alpha value is -1.87. The standard InChI is InChI=1S/C27H40N2S/c1-4-5-6-7-8-9-10-11-15-20-29(22-25-16-13-12-14-17-25)27(30)28-26-19-18-23(2)21-24(26)3/h12-14,16-19,21H,4-11,15,20,22H2,1-3H3,(H,28,30). The molecule has 0 fully saturated rings. The van der Waals surface area contributed by atoms with Gasteiger partial charge in [0.25, 0.3) is 0 Å². The number of unbranched alkanes of at least 4 members (excludes halogenated alkanes) is 8. The van der Waals surface area contributed by atoms with Crippen LogP contribution in [0.25, 0.3) is 0 Å². The van der Waals surface area contributed by atoms with Crippen molar-refractivity contribution in [3.8, 4) is 0 Å². The van der Waals surface area contributed by atoms with E-state index in [9.17, 15) is 0 Å². The van der Waals surface area contributed by atoms with Gasteiger partial charge in [-0.15, -0.1) is 0 Å². The van der Waals surface area contributed by atoms with E-state index in [4.69, 9.17) is 12.2 Å². The van der Waals surface area contributed by atoms with Gasteiger partial charge in [-0.1, -0.05) is 106 Å². The summed E-state index contributed by atoms with van der Waals surface area (Å²) in [5.74, 6) is 0. The van der Waals surface area contributed by atoms with E-state index in [1.54, 1.807) is 0 Å². The molecule has 0 saturated carbocycles. The summed E-state index contributed by atoms with van der Waals surface area (Å²) in [4.78, 5) is 2.32. The quantitative estimate of drug-likeness (QED) is 0.259. The highest BCUT2D eigenvalue weighted by Crippen LogP contribution is 2.18. The summed E-state index contributed by atoms with van der Waals surface area (Å²) < 4.78 is 0. The summed E-state index contributed by atoms with van der Waals surface area (Å²) in [6.07, 6.45) is 12.1. The van der Waals surface area contributed by atoms with Crippen LogP contribution in [0.15, 0.2) is 48.5 Å². The Labute approximate surface area is 190 Å². The predicted molar refractivity (Wildman–Crippen MR) is 136 cm³/mol. The van der Waals surface area contributed by atoms with Crippen LogP contribution in [0.4, 0.5) is 5.69 Å². The molecule has 2 aromatic carbocycles. The fraction of sp³-hybridized carbons (Fsp3) is 0.519. The number of thiocarbonyl (C=S) groups is 1. The van der Waals surface area contributed by atoms with Gasteiger partial charge in [0.2, 0.25) is 0 Å². The zero-order valence-electron chi connectivity index (χ0n) is 19.3. The zero-order valence-corrected chi connectivity index (χ0v) is 20.1. The molecular formula is C27H40N2S. The third-order valence-corrected chi connectivity index (χ3v) is 6.02. The Bertz CT molecular complexity index is 742. The lowest BCUT2D eigenvalue weighted by Crippen LogP contribution is -2.35. The molecule has 1 N–H and O–H groups in total. The lowest BCUT2D eigenvalue weighted by molar-refractivity contribution is 0.398. The van der Waals surface area contributed by atoms with E-state index in [0.29, 0.717) is 0 Å². The smallest absolute Gasteiger partial charge is 0.173 e. The van der Waals surface area contributed by atoms with E-state index < -0.39 is 0 Å². The van der Waals surface area contributed by atoms with Gasteiger partial charge in [0.05, 0.1) is 0 Å². The van der Waals surface area contributed by atoms with Crippen LogP contribution >= 0.6 is 12.2 Å². The molecule has 0 bridgehead atoms. The summed E-state index contributed by atoms with van der Waals surface area (Å²) in [5, 5.41) is 4.32. The Balaban J connectivity index is 1.85. The van der Waals surface area contributed by atoms with Crippen molar-refractivity contribution in [2.24, 2.45) is 0 Å². The average Bonchev–Trinajstić information content (AvgIpc) is 2.74. The molecule has 0 aromatic heterocycles. The first-order valence-electron chi connectivity index (χ1n) is 11.8. The van der Waals surface area contributed by atoms with Crippen molar-refractivity contribution in [2.45, 2.75) is 85.1 Å². The van der Waals surface area contributed by atoms with E-state index in [2.05, 4.69) is 79.5 Å². The molecule has 0 unspecified atom stereocenters. The van der Waals surface area contributed by atoms with Crippen molar-refractivity contribution < 1.29 is 0 Å². The first kappa shape index (κ1) is 24.4. The molecule has 2 nitrogen and oxygen atoms in total. The molecule has 0 aliphatic heterocycles. The minimum absolute atomic E-state index is 0.824. The first-order chi connectivity index (χ1) is 14.6. The lowest BCUT2D eigenvalue weighted by atomic mass is 10.1. The summed E-state index contributed by atoms with van der Waals surface area (Å²) in [6.45, 7) is 8.40. The van der Waals surface area contributed by atoms with E-state index in [1.165, 1.54) is 74.5 Å². The second kappa shape index (κ2) is 14.2. The van der Waals surface area contributed by atoms with Gasteiger partial charge in [0.15, 0.2) is 5.11 Å². The fourth-order valence-electron chi connectivity index (χ4n) is 3.82. The molecule has 0 saturated heterocycles. The van der Waals surface area contributed by atoms with Gasteiger partial charge in [-0.2, -0.15) is 0 Å². The maximum atomic E-state index is 5.82. The van der Waals surface area contributed by atoms with E-state index in [1.807, 2.05) is 0 Å². The fourth-order valence-corrected chi connectivity index (χ4v) is 4.08. The molecule has 3 heteroatoms. The Morgan fingerprint density at radius 3 is 2.10 bits per heavy atom. The monoisotopic (exact) mass is 424 g/mol. The van der Waals surface area contributed by atoms with Crippen molar-refractivity contribution >= 4 is 23.0 Å². The Morgan fingerprint density at radius 2 is 1.47 bits per heavy atom. The zero-order chi connectivity index (χ0) is 21.6. The van der Waals surface area contributed by atoms with Crippen molar-refractivity contribution in [1.82, 2.24) is 4.90 Å². The number of hydrogen-bond donors (Lipinski definition) is 1. The van der Waals surface area contributed by atoms with Crippen molar-refractivity contribution in [3.63, 3.8) is 0 Å². The summed E-state index contributed by atoms with van der Waals surface area (Å²) >= 11 is 5.82. The third-order valence-electron chi connectivity index (χ3n) is 5.66. The van der Waals surface area contributed by atoms with Crippen LogP contribution in [0.3, 0.4) is 0 Å². The lowest BCUT2D eigenvalue weighted by Gasteiger charge is -2.27. The van der Waals surface area contributed by atoms with Gasteiger partial charge in [0, 0.05) is 18.8 Å². The SMILES string of the molecule is CCCCCCCCCCCN(Cc1ccccc1)C(=S)Nc1ccc(C)cc1C. The molecule has 0 amide bonds. The highest BCUT2D eigenvalue weighted by atomic mass is 32.1. The molecule has 0 heterocycles. The topological polar surface area (TPSA) is 15.3 Å². The molecule has 0 aliphatic rings. The van der Waals surface area contributed by atoms with E-state index >= 15 is 0 Å². The highest BCUT2D eigenvalue weighted by Gasteiger charge is 2.11. The Morgan fingerprint density at radius 1 is 0.833 bits per heavy atom. The van der Waals surface area contributed by atoms with Crippen molar-refractivity contribution in [1.29, 1.82) is 0 Å². The second-order valence-electron chi connectivity index (χ2n) is 8.48. The maximum absolute atomic E-state index is 5.82. The normalized spacial score (nSPS) is 10.8. The number of aryl methyl sites for hydroxylation is 2. The predicted octanol–water partition coefficient (Wildman–Crippen LogP) is 8.03. The molecule has 0 spiro atoms. The van der Waals surface area contributed by atoms with Gasteiger partial charge < -0.3 is 10.2 Å². The Kier molecular flexibility index (Phi) is 11.5. The van der Waals surface area contributed by atoms with Crippen LogP contribution in [-0.2, 0) is 6.54 Å². The molecule has 2 rings (SSSR count).